The number of nitrogens with two attached hydrogens (primary N) is 1. The molecule has 0 spiro atoms. The molecule has 2 aromatic rings. The smallest absolute Gasteiger partial charge is 0.210 e. The largest absolute Gasteiger partial charge is 0.384 e. The number of hydrogen-bond donors (Lipinski definition) is 1. The Kier molecular flexibility index (Phi) is 3.84. The van der Waals surface area contributed by atoms with Crippen LogP contribution in [0, 0.1) is 19.7 Å². The second-order valence-corrected chi connectivity index (χ2v) is 7.23. The molecule has 6 heteroatoms. The van der Waals surface area contributed by atoms with Crippen LogP contribution in [0.25, 0.3) is 0 Å². The van der Waals surface area contributed by atoms with Gasteiger partial charge in [0.05, 0.1) is 4.90 Å². The first-order valence-corrected chi connectivity index (χ1v) is 8.13. The molecule has 0 saturated carbocycles. The zero-order chi connectivity index (χ0) is 15.9. The van der Waals surface area contributed by atoms with Gasteiger partial charge in [0, 0.05) is 11.7 Å². The first kappa shape index (κ1) is 15.6. The molecule has 0 radical (unpaired) electrons. The van der Waals surface area contributed by atoms with Gasteiger partial charge in [0.15, 0.2) is 0 Å². The molecule has 0 unspecified atom stereocenters. The lowest BCUT2D eigenvalue weighted by Gasteiger charge is -2.13. The summed E-state index contributed by atoms with van der Waals surface area (Å²) in [5, 5.41) is 0. The molecule has 1 aromatic carbocycles. The fourth-order valence-corrected chi connectivity index (χ4v) is 4.22. The fraction of sp³-hybridized carbons (Fsp3) is 0.333. The number of nitrogen functional groups attached to an aromatic ring is 1. The highest BCUT2D eigenvalue weighted by Crippen LogP contribution is 2.35. The van der Waals surface area contributed by atoms with Crippen LogP contribution in [0.1, 0.15) is 31.1 Å². The van der Waals surface area contributed by atoms with Crippen LogP contribution in [0.5, 0.6) is 0 Å². The number of halogens is 1. The van der Waals surface area contributed by atoms with E-state index < -0.39 is 15.7 Å². The van der Waals surface area contributed by atoms with Gasteiger partial charge in [-0.3, -0.25) is 0 Å². The molecule has 4 nitrogen and oxygen atoms in total. The first-order chi connectivity index (χ1) is 9.67. The van der Waals surface area contributed by atoms with Gasteiger partial charge < -0.3 is 10.3 Å². The summed E-state index contributed by atoms with van der Waals surface area (Å²) in [6, 6.07) is 4.83. The molecule has 0 atom stereocenters. The topological polar surface area (TPSA) is 65.1 Å². The van der Waals surface area contributed by atoms with E-state index in [1.807, 2.05) is 20.8 Å². The number of hydrogen-bond acceptors (Lipinski definition) is 3. The Bertz CT molecular complexity index is 775. The Morgan fingerprint density at radius 2 is 1.67 bits per heavy atom. The van der Waals surface area contributed by atoms with Crippen molar-refractivity contribution in [3.8, 4) is 0 Å². The van der Waals surface area contributed by atoms with E-state index in [-0.39, 0.29) is 21.7 Å². The van der Waals surface area contributed by atoms with E-state index in [0.717, 1.165) is 17.8 Å². The van der Waals surface area contributed by atoms with Gasteiger partial charge in [-0.05, 0) is 57.5 Å². The van der Waals surface area contributed by atoms with E-state index in [9.17, 15) is 12.8 Å². The van der Waals surface area contributed by atoms with Crippen molar-refractivity contribution < 1.29 is 12.8 Å². The van der Waals surface area contributed by atoms with Gasteiger partial charge in [0.25, 0.3) is 0 Å². The molecule has 2 rings (SSSR count). The minimum atomic E-state index is -3.76. The normalized spacial score (nSPS) is 12.1. The maximum absolute atomic E-state index is 13.0. The van der Waals surface area contributed by atoms with E-state index >= 15 is 0 Å². The minimum absolute atomic E-state index is 0.0413. The molecule has 1 heterocycles. The summed E-state index contributed by atoms with van der Waals surface area (Å²) < 4.78 is 40.3. The lowest BCUT2D eigenvalue weighted by atomic mass is 10.3. The van der Waals surface area contributed by atoms with Crippen LogP contribution in [0.15, 0.2) is 34.1 Å². The van der Waals surface area contributed by atoms with Gasteiger partial charge in [-0.2, -0.15) is 0 Å². The van der Waals surface area contributed by atoms with Gasteiger partial charge in [-0.1, -0.05) is 0 Å². The highest BCUT2D eigenvalue weighted by Gasteiger charge is 2.28. The number of nitrogens with zero attached hydrogens (tertiary/aromatic N) is 1. The average Bonchev–Trinajstić information content (AvgIpc) is 2.61. The number of sulfone groups is 1. The maximum atomic E-state index is 13.0. The zero-order valence-electron chi connectivity index (χ0n) is 12.5. The molecule has 0 fully saturated rings. The highest BCUT2D eigenvalue weighted by atomic mass is 32.2. The standard InChI is InChI=1S/C15H19FN2O2S/c1-9(2)18-11(4)10(3)14(15(18)17)21(19,20)13-7-5-12(16)6-8-13/h5-9H,17H2,1-4H3. The van der Waals surface area contributed by atoms with Crippen molar-refractivity contribution in [2.45, 2.75) is 43.5 Å². The third kappa shape index (κ3) is 2.44. The van der Waals surface area contributed by atoms with Crippen LogP contribution in [-0.2, 0) is 9.84 Å². The molecule has 2 N–H and O–H groups in total. The van der Waals surface area contributed by atoms with E-state index in [1.165, 1.54) is 12.1 Å². The third-order valence-electron chi connectivity index (χ3n) is 3.65. The number of rotatable bonds is 3. The van der Waals surface area contributed by atoms with Gasteiger partial charge in [0.1, 0.15) is 16.5 Å². The van der Waals surface area contributed by atoms with Crippen molar-refractivity contribution in [1.82, 2.24) is 4.57 Å². The highest BCUT2D eigenvalue weighted by molar-refractivity contribution is 7.91. The molecule has 0 amide bonds. The second kappa shape index (κ2) is 5.18. The van der Waals surface area contributed by atoms with E-state index in [1.54, 1.807) is 11.5 Å². The van der Waals surface area contributed by atoms with E-state index in [2.05, 4.69) is 0 Å². The van der Waals surface area contributed by atoms with Crippen molar-refractivity contribution in [3.05, 3.63) is 41.3 Å². The predicted molar refractivity (Wildman–Crippen MR) is 80.6 cm³/mol. The molecule has 114 valence electrons. The van der Waals surface area contributed by atoms with Crippen LogP contribution in [-0.4, -0.2) is 13.0 Å². The molecule has 0 aliphatic carbocycles. The van der Waals surface area contributed by atoms with Crippen LogP contribution >= 0.6 is 0 Å². The Balaban J connectivity index is 2.72. The van der Waals surface area contributed by atoms with Gasteiger partial charge in [0.2, 0.25) is 9.84 Å². The summed E-state index contributed by atoms with van der Waals surface area (Å²) in [7, 11) is -3.76. The van der Waals surface area contributed by atoms with Crippen LogP contribution < -0.4 is 5.73 Å². The summed E-state index contributed by atoms with van der Waals surface area (Å²) in [4.78, 5) is 0.153. The van der Waals surface area contributed by atoms with Crippen LogP contribution in [0.4, 0.5) is 10.2 Å². The number of aromatic nitrogens is 1. The fourth-order valence-electron chi connectivity index (χ4n) is 2.56. The summed E-state index contributed by atoms with van der Waals surface area (Å²) in [5.74, 6) is -0.251. The summed E-state index contributed by atoms with van der Waals surface area (Å²) in [5.41, 5.74) is 7.52. The molecule has 0 aliphatic heterocycles. The van der Waals surface area contributed by atoms with Crippen LogP contribution in [0.2, 0.25) is 0 Å². The Hall–Kier alpha value is -1.82. The Labute approximate surface area is 124 Å². The van der Waals surface area contributed by atoms with Crippen molar-refractivity contribution in [3.63, 3.8) is 0 Å². The summed E-state index contributed by atoms with van der Waals surface area (Å²) in [6.45, 7) is 7.46. The SMILES string of the molecule is Cc1c(S(=O)(=O)c2ccc(F)cc2)c(N)n(C(C)C)c1C. The summed E-state index contributed by atoms with van der Waals surface area (Å²) in [6.07, 6.45) is 0. The molecular weight excluding hydrogens is 291 g/mol. The maximum Gasteiger partial charge on any atom is 0.210 e. The lowest BCUT2D eigenvalue weighted by molar-refractivity contribution is 0.588. The van der Waals surface area contributed by atoms with E-state index in [4.69, 9.17) is 5.73 Å². The minimum Gasteiger partial charge on any atom is -0.384 e. The van der Waals surface area contributed by atoms with Crippen molar-refractivity contribution >= 4 is 15.7 Å². The predicted octanol–water partition coefficient (Wildman–Crippen LogP) is 3.24. The van der Waals surface area contributed by atoms with Crippen LogP contribution in [0.3, 0.4) is 0 Å². The van der Waals surface area contributed by atoms with Gasteiger partial charge >= 0.3 is 0 Å². The quantitative estimate of drug-likeness (QED) is 0.885. The first-order valence-electron chi connectivity index (χ1n) is 6.65. The number of benzene rings is 1. The van der Waals surface area contributed by atoms with Gasteiger partial charge in [-0.25, -0.2) is 12.8 Å². The monoisotopic (exact) mass is 310 g/mol. The summed E-state index contributed by atoms with van der Waals surface area (Å²) >= 11 is 0. The molecule has 0 bridgehead atoms. The molecule has 0 saturated heterocycles. The van der Waals surface area contributed by atoms with E-state index in [0.29, 0.717) is 5.56 Å². The van der Waals surface area contributed by atoms with Crippen molar-refractivity contribution in [2.24, 2.45) is 0 Å². The lowest BCUT2D eigenvalue weighted by Crippen LogP contribution is -2.10. The third-order valence-corrected chi connectivity index (χ3v) is 5.59. The second-order valence-electron chi connectivity index (χ2n) is 5.35. The zero-order valence-corrected chi connectivity index (χ0v) is 13.3. The molecule has 21 heavy (non-hydrogen) atoms. The Morgan fingerprint density at radius 1 is 1.14 bits per heavy atom. The van der Waals surface area contributed by atoms with Crippen molar-refractivity contribution in [1.29, 1.82) is 0 Å². The van der Waals surface area contributed by atoms with Gasteiger partial charge in [-0.15, -0.1) is 0 Å². The molecule has 0 aliphatic rings. The number of anilines is 1. The molecular formula is C15H19FN2O2S. The molecule has 1 aromatic heterocycles. The average molecular weight is 310 g/mol. The van der Waals surface area contributed by atoms with Crippen molar-refractivity contribution in [2.75, 3.05) is 5.73 Å². The Morgan fingerprint density at radius 3 is 2.10 bits per heavy atom.